The van der Waals surface area contributed by atoms with E-state index in [9.17, 15) is 9.59 Å². The summed E-state index contributed by atoms with van der Waals surface area (Å²) in [7, 11) is 6.85. The van der Waals surface area contributed by atoms with Crippen LogP contribution in [0.2, 0.25) is 0 Å². The van der Waals surface area contributed by atoms with Crippen LogP contribution in [-0.2, 0) is 14.3 Å². The molecule has 0 aromatic heterocycles. The van der Waals surface area contributed by atoms with Gasteiger partial charge in [-0.3, -0.25) is 4.79 Å². The second kappa shape index (κ2) is 28.2. The smallest absolute Gasteiger partial charge is 0.306 e. The van der Waals surface area contributed by atoms with Crippen molar-refractivity contribution < 1.29 is 18.8 Å². The molecule has 0 spiro atoms. The Morgan fingerprint density at radius 3 is 1.55 bits per heavy atom. The largest absolute Gasteiger partial charge is 0.462 e. The van der Waals surface area contributed by atoms with E-state index in [1.165, 1.54) is 129 Å². The van der Waals surface area contributed by atoms with Gasteiger partial charge in [0.15, 0.2) is 0 Å². The summed E-state index contributed by atoms with van der Waals surface area (Å²) in [5, 5.41) is 0. The fourth-order valence-electron chi connectivity index (χ4n) is 5.71. The number of nitrogens with zero attached hydrogens (tertiary/aromatic N) is 1. The number of carbonyl (C=O) groups excluding carboxylic acids is 2. The van der Waals surface area contributed by atoms with E-state index in [0.717, 1.165) is 48.8 Å². The predicted octanol–water partition coefficient (Wildman–Crippen LogP) is 10.6. The fraction of sp³-hybridized carbons (Fsp3) is 0.944. The topological polar surface area (TPSA) is 43.4 Å². The van der Waals surface area contributed by atoms with E-state index in [1.54, 1.807) is 0 Å². The minimum absolute atomic E-state index is 0.0399. The number of rotatable bonds is 31. The zero-order valence-corrected chi connectivity index (χ0v) is 28.0. The van der Waals surface area contributed by atoms with Crippen molar-refractivity contribution in [3.05, 3.63) is 0 Å². The molecule has 0 aromatic rings. The van der Waals surface area contributed by atoms with Crippen LogP contribution in [0.15, 0.2) is 0 Å². The van der Waals surface area contributed by atoms with Gasteiger partial charge in [0.2, 0.25) is 0 Å². The van der Waals surface area contributed by atoms with Crippen molar-refractivity contribution in [2.75, 3.05) is 27.7 Å². The van der Waals surface area contributed by atoms with E-state index in [0.29, 0.717) is 12.8 Å². The van der Waals surface area contributed by atoms with Crippen molar-refractivity contribution in [1.29, 1.82) is 0 Å². The summed E-state index contributed by atoms with van der Waals surface area (Å²) in [5.41, 5.74) is 0. The van der Waals surface area contributed by atoms with Crippen LogP contribution in [0.4, 0.5) is 0 Å². The van der Waals surface area contributed by atoms with Gasteiger partial charge < -0.3 is 14.0 Å². The molecule has 0 aliphatic heterocycles. The van der Waals surface area contributed by atoms with Gasteiger partial charge in [-0.1, -0.05) is 123 Å². The molecule has 0 heterocycles. The molecule has 0 N–H and O–H groups in total. The van der Waals surface area contributed by atoms with E-state index in [1.807, 2.05) is 0 Å². The number of ether oxygens (including phenoxy) is 1. The second-order valence-electron chi connectivity index (χ2n) is 13.7. The molecule has 40 heavy (non-hydrogen) atoms. The number of unbranched alkanes of at least 4 members (excludes halogenated alkanes) is 16. The number of quaternary nitrogens is 1. The van der Waals surface area contributed by atoms with Gasteiger partial charge in [-0.05, 0) is 50.9 Å². The number of aldehydes is 1. The summed E-state index contributed by atoms with van der Waals surface area (Å²) in [6.07, 6.45) is 32.1. The van der Waals surface area contributed by atoms with Crippen LogP contribution >= 0.6 is 0 Å². The lowest BCUT2D eigenvalue weighted by molar-refractivity contribution is -0.871. The first-order valence-corrected chi connectivity index (χ1v) is 17.8. The van der Waals surface area contributed by atoms with Crippen molar-refractivity contribution in [2.45, 2.75) is 187 Å². The van der Waals surface area contributed by atoms with Gasteiger partial charge in [0.1, 0.15) is 12.4 Å². The molecule has 1 unspecified atom stereocenters. The van der Waals surface area contributed by atoms with Crippen LogP contribution < -0.4 is 0 Å². The van der Waals surface area contributed by atoms with E-state index < -0.39 is 0 Å². The van der Waals surface area contributed by atoms with Crippen LogP contribution in [0.3, 0.4) is 0 Å². The van der Waals surface area contributed by atoms with Crippen LogP contribution in [0.25, 0.3) is 0 Å². The summed E-state index contributed by atoms with van der Waals surface area (Å²) < 4.78 is 7.05. The molecular weight excluding hydrogens is 494 g/mol. The summed E-state index contributed by atoms with van der Waals surface area (Å²) in [4.78, 5) is 23.2. The normalized spacial score (nSPS) is 12.7. The Balaban J connectivity index is 4.29. The van der Waals surface area contributed by atoms with Gasteiger partial charge in [0.25, 0.3) is 0 Å². The molecule has 1 atom stereocenters. The molecule has 0 bridgehead atoms. The Hall–Kier alpha value is -0.900. The quantitative estimate of drug-likeness (QED) is 0.0363. The molecule has 238 valence electrons. The molecule has 0 saturated heterocycles. The molecule has 0 amide bonds. The molecule has 0 aromatic carbocycles. The van der Waals surface area contributed by atoms with Crippen molar-refractivity contribution in [3.8, 4) is 0 Å². The Kier molecular flexibility index (Phi) is 27.6. The van der Waals surface area contributed by atoms with E-state index in [2.05, 4.69) is 35.0 Å². The number of hydrogen-bond donors (Lipinski definition) is 0. The lowest BCUT2D eigenvalue weighted by Gasteiger charge is -2.27. The summed E-state index contributed by atoms with van der Waals surface area (Å²) in [6.45, 7) is 5.76. The predicted molar refractivity (Wildman–Crippen MR) is 174 cm³/mol. The lowest BCUT2D eigenvalue weighted by atomic mass is 9.91. The zero-order chi connectivity index (χ0) is 29.7. The summed E-state index contributed by atoms with van der Waals surface area (Å²) in [5.74, 6) is 0.835. The SMILES string of the molecule is CCCCCCCCC(CCCCCCCC)OC(=O)CCCCCCC(CCCCCC=O)CC[N+](C)(C)C. The third-order valence-electron chi connectivity index (χ3n) is 8.44. The third-order valence-corrected chi connectivity index (χ3v) is 8.44. The molecule has 0 aliphatic carbocycles. The minimum Gasteiger partial charge on any atom is -0.462 e. The second-order valence-corrected chi connectivity index (χ2v) is 13.7. The highest BCUT2D eigenvalue weighted by Crippen LogP contribution is 2.23. The molecule has 4 nitrogen and oxygen atoms in total. The highest BCUT2D eigenvalue weighted by molar-refractivity contribution is 5.69. The van der Waals surface area contributed by atoms with Gasteiger partial charge in [0, 0.05) is 12.8 Å². The highest BCUT2D eigenvalue weighted by atomic mass is 16.5. The van der Waals surface area contributed by atoms with E-state index in [-0.39, 0.29) is 12.1 Å². The Labute approximate surface area is 251 Å². The maximum atomic E-state index is 12.7. The molecule has 0 saturated carbocycles. The van der Waals surface area contributed by atoms with Crippen molar-refractivity contribution in [2.24, 2.45) is 5.92 Å². The molecule has 0 rings (SSSR count). The minimum atomic E-state index is 0.0399. The van der Waals surface area contributed by atoms with Crippen LogP contribution in [0, 0.1) is 5.92 Å². The summed E-state index contributed by atoms with van der Waals surface area (Å²) >= 11 is 0. The summed E-state index contributed by atoms with van der Waals surface area (Å²) in [6, 6.07) is 0. The van der Waals surface area contributed by atoms with Gasteiger partial charge in [-0.15, -0.1) is 0 Å². The maximum Gasteiger partial charge on any atom is 0.306 e. The van der Waals surface area contributed by atoms with Crippen molar-refractivity contribution in [1.82, 2.24) is 0 Å². The maximum absolute atomic E-state index is 12.7. The Bertz CT molecular complexity index is 541. The monoisotopic (exact) mass is 567 g/mol. The molecule has 0 fully saturated rings. The standard InChI is InChI=1S/C36H72NO3/c1-6-8-10-12-14-22-28-35(29-23-15-13-11-9-7-2)40-36(39)30-24-17-16-20-26-34(31-32-37(3,4)5)27-21-18-19-25-33-38/h33-35H,6-32H2,1-5H3/q+1. The lowest BCUT2D eigenvalue weighted by Crippen LogP contribution is -2.36. The van der Waals surface area contributed by atoms with Crippen LogP contribution in [0.5, 0.6) is 0 Å². The van der Waals surface area contributed by atoms with Crippen LogP contribution in [-0.4, -0.2) is 50.5 Å². The van der Waals surface area contributed by atoms with Gasteiger partial charge in [-0.25, -0.2) is 0 Å². The molecule has 4 heteroatoms. The Morgan fingerprint density at radius 2 is 1.05 bits per heavy atom. The first kappa shape index (κ1) is 39.1. The molecule has 0 aliphatic rings. The number of carbonyl (C=O) groups is 2. The van der Waals surface area contributed by atoms with Crippen molar-refractivity contribution >= 4 is 12.3 Å². The highest BCUT2D eigenvalue weighted by Gasteiger charge is 2.16. The average Bonchev–Trinajstić information content (AvgIpc) is 2.91. The Morgan fingerprint density at radius 1 is 0.600 bits per heavy atom. The van der Waals surface area contributed by atoms with Gasteiger partial charge in [0.05, 0.1) is 27.7 Å². The van der Waals surface area contributed by atoms with Crippen molar-refractivity contribution in [3.63, 3.8) is 0 Å². The average molecular weight is 567 g/mol. The molecular formula is C36H72NO3+. The van der Waals surface area contributed by atoms with E-state index in [4.69, 9.17) is 4.74 Å². The number of hydrogen-bond acceptors (Lipinski definition) is 3. The first-order valence-electron chi connectivity index (χ1n) is 17.8. The zero-order valence-electron chi connectivity index (χ0n) is 28.0. The number of esters is 1. The van der Waals surface area contributed by atoms with Gasteiger partial charge in [-0.2, -0.15) is 0 Å². The first-order chi connectivity index (χ1) is 19.3. The van der Waals surface area contributed by atoms with Crippen LogP contribution in [0.1, 0.15) is 181 Å². The fourth-order valence-corrected chi connectivity index (χ4v) is 5.71. The van der Waals surface area contributed by atoms with Gasteiger partial charge >= 0.3 is 5.97 Å². The third kappa shape index (κ3) is 28.6. The van der Waals surface area contributed by atoms with E-state index >= 15 is 0 Å². The molecule has 0 radical (unpaired) electrons.